The van der Waals surface area contributed by atoms with Crippen LogP contribution < -0.4 is 10.6 Å². The molecule has 1 saturated heterocycles. The van der Waals surface area contributed by atoms with Crippen LogP contribution in [0.15, 0.2) is 29.2 Å². The summed E-state index contributed by atoms with van der Waals surface area (Å²) in [6.45, 7) is 0.443. The molecule has 10 heteroatoms. The number of nitrogens with zero attached hydrogens (tertiary/aromatic N) is 1. The van der Waals surface area contributed by atoms with Crippen LogP contribution in [0.5, 0.6) is 0 Å². The van der Waals surface area contributed by atoms with Crippen LogP contribution in [0.4, 0.5) is 18.0 Å². The third-order valence-electron chi connectivity index (χ3n) is 6.30. The van der Waals surface area contributed by atoms with E-state index in [2.05, 4.69) is 10.6 Å². The Morgan fingerprint density at radius 2 is 1.53 bits per heavy atom. The number of halogens is 3. The topological polar surface area (TPSA) is 78.5 Å². The average Bonchev–Trinajstić information content (AvgIpc) is 2.74. The second-order valence-corrected chi connectivity index (χ2v) is 10.6. The van der Waals surface area contributed by atoms with E-state index in [0.717, 1.165) is 56.4 Å². The van der Waals surface area contributed by atoms with E-state index < -0.39 is 27.8 Å². The number of carbonyl (C=O) groups excluding carboxylic acids is 1. The van der Waals surface area contributed by atoms with E-state index in [1.807, 2.05) is 0 Å². The molecule has 1 heterocycles. The largest absolute Gasteiger partial charge is 0.416 e. The fourth-order valence-corrected chi connectivity index (χ4v) is 6.19. The van der Waals surface area contributed by atoms with Crippen LogP contribution in [0.1, 0.15) is 69.8 Å². The molecule has 180 valence electrons. The number of hydrogen-bond donors (Lipinski definition) is 2. The monoisotopic (exact) mass is 475 g/mol. The summed E-state index contributed by atoms with van der Waals surface area (Å²) in [6.07, 6.45) is 5.24. The molecule has 2 fully saturated rings. The summed E-state index contributed by atoms with van der Waals surface area (Å²) in [7, 11) is -3.96. The molecule has 32 heavy (non-hydrogen) atoms. The van der Waals surface area contributed by atoms with Gasteiger partial charge in [0.15, 0.2) is 0 Å². The number of alkyl halides is 3. The van der Waals surface area contributed by atoms with Gasteiger partial charge in [-0.3, -0.25) is 0 Å². The summed E-state index contributed by atoms with van der Waals surface area (Å²) >= 11 is 0. The van der Waals surface area contributed by atoms with Crippen molar-refractivity contribution in [2.75, 3.05) is 13.1 Å². The zero-order chi connectivity index (χ0) is 23.2. The van der Waals surface area contributed by atoms with Crippen LogP contribution in [0.25, 0.3) is 0 Å². The minimum Gasteiger partial charge on any atom is -0.337 e. The highest BCUT2D eigenvalue weighted by molar-refractivity contribution is 7.89. The number of urea groups is 1. The van der Waals surface area contributed by atoms with Crippen molar-refractivity contribution in [3.63, 3.8) is 0 Å². The van der Waals surface area contributed by atoms with Gasteiger partial charge in [-0.15, -0.1) is 0 Å². The molecule has 0 aromatic heterocycles. The standard InChI is InChI=1S/C22H32F3N3O3S/c23-22(24,25)17-11-13-20(14-12-17)32(30,31)28-15-7-6-10-19(28)16-26-21(29)27-18-8-4-2-1-3-5-9-18/h11-14,18-19H,1-10,15-16H2,(H2,26,27,29). The first-order chi connectivity index (χ1) is 15.2. The van der Waals surface area contributed by atoms with Gasteiger partial charge in [0, 0.05) is 25.2 Å². The highest BCUT2D eigenvalue weighted by atomic mass is 32.2. The van der Waals surface area contributed by atoms with Crippen LogP contribution in [0.3, 0.4) is 0 Å². The minimum atomic E-state index is -4.52. The van der Waals surface area contributed by atoms with Crippen molar-refractivity contribution >= 4 is 16.1 Å². The molecular formula is C22H32F3N3O3S. The number of benzene rings is 1. The van der Waals surface area contributed by atoms with Gasteiger partial charge in [0.05, 0.1) is 10.5 Å². The van der Waals surface area contributed by atoms with Crippen LogP contribution >= 0.6 is 0 Å². The minimum absolute atomic E-state index is 0.133. The number of rotatable bonds is 5. The summed E-state index contributed by atoms with van der Waals surface area (Å²) < 4.78 is 66.0. The molecule has 0 radical (unpaired) electrons. The normalized spacial score (nSPS) is 22.0. The number of nitrogens with one attached hydrogen (secondary N) is 2. The van der Waals surface area contributed by atoms with E-state index in [-0.39, 0.29) is 30.1 Å². The van der Waals surface area contributed by atoms with Crippen LogP contribution in [0.2, 0.25) is 0 Å². The lowest BCUT2D eigenvalue weighted by Gasteiger charge is -2.35. The Bertz CT molecular complexity index is 851. The summed E-state index contributed by atoms with van der Waals surface area (Å²) in [6, 6.07) is 2.97. The Labute approximate surface area is 188 Å². The third kappa shape index (κ3) is 6.60. The lowest BCUT2D eigenvalue weighted by atomic mass is 9.97. The van der Waals surface area contributed by atoms with E-state index in [1.165, 1.54) is 23.6 Å². The molecule has 1 unspecified atom stereocenters. The van der Waals surface area contributed by atoms with Gasteiger partial charge in [-0.1, -0.05) is 38.5 Å². The molecular weight excluding hydrogens is 443 g/mol. The van der Waals surface area contributed by atoms with Crippen molar-refractivity contribution in [1.82, 2.24) is 14.9 Å². The van der Waals surface area contributed by atoms with Gasteiger partial charge in [0.2, 0.25) is 10.0 Å². The van der Waals surface area contributed by atoms with Crippen LogP contribution in [-0.4, -0.2) is 43.9 Å². The Morgan fingerprint density at radius 1 is 0.938 bits per heavy atom. The summed E-state index contributed by atoms with van der Waals surface area (Å²) in [5.74, 6) is 0. The van der Waals surface area contributed by atoms with E-state index in [1.54, 1.807) is 0 Å². The second-order valence-electron chi connectivity index (χ2n) is 8.68. The molecule has 0 bridgehead atoms. The Kier molecular flexibility index (Phi) is 8.43. The molecule has 1 aliphatic carbocycles. The van der Waals surface area contributed by atoms with Gasteiger partial charge in [0.1, 0.15) is 0 Å². The fraction of sp³-hybridized carbons (Fsp3) is 0.682. The second kappa shape index (κ2) is 10.9. The smallest absolute Gasteiger partial charge is 0.337 e. The predicted molar refractivity (Wildman–Crippen MR) is 116 cm³/mol. The maximum atomic E-state index is 13.1. The summed E-state index contributed by atoms with van der Waals surface area (Å²) in [5.41, 5.74) is -0.890. The SMILES string of the molecule is O=C(NCC1CCCCN1S(=O)(=O)c1ccc(C(F)(F)F)cc1)NC1CCCCCCC1. The first-order valence-electron chi connectivity index (χ1n) is 11.4. The molecule has 1 saturated carbocycles. The first-order valence-corrected chi connectivity index (χ1v) is 12.9. The molecule has 1 aliphatic heterocycles. The van der Waals surface area contributed by atoms with Crippen molar-refractivity contribution in [3.8, 4) is 0 Å². The number of hydrogen-bond acceptors (Lipinski definition) is 3. The van der Waals surface area contributed by atoms with E-state index in [4.69, 9.17) is 0 Å². The molecule has 0 spiro atoms. The lowest BCUT2D eigenvalue weighted by Crippen LogP contribution is -2.51. The molecule has 2 amide bonds. The maximum absolute atomic E-state index is 13.1. The third-order valence-corrected chi connectivity index (χ3v) is 8.27. The lowest BCUT2D eigenvalue weighted by molar-refractivity contribution is -0.137. The molecule has 1 aromatic carbocycles. The van der Waals surface area contributed by atoms with Crippen molar-refractivity contribution in [2.24, 2.45) is 0 Å². The molecule has 6 nitrogen and oxygen atoms in total. The molecule has 1 aromatic rings. The zero-order valence-electron chi connectivity index (χ0n) is 18.2. The number of carbonyl (C=O) groups is 1. The zero-order valence-corrected chi connectivity index (χ0v) is 19.0. The maximum Gasteiger partial charge on any atom is 0.416 e. The van der Waals surface area contributed by atoms with Gasteiger partial charge >= 0.3 is 12.2 Å². The summed E-state index contributed by atoms with van der Waals surface area (Å²) in [5, 5.41) is 5.82. The van der Waals surface area contributed by atoms with E-state index >= 15 is 0 Å². The van der Waals surface area contributed by atoms with Crippen molar-refractivity contribution in [1.29, 1.82) is 0 Å². The van der Waals surface area contributed by atoms with Gasteiger partial charge in [0.25, 0.3) is 0 Å². The van der Waals surface area contributed by atoms with Crippen LogP contribution in [-0.2, 0) is 16.2 Å². The average molecular weight is 476 g/mol. The Morgan fingerprint density at radius 3 is 2.16 bits per heavy atom. The Hall–Kier alpha value is -1.81. The number of piperidine rings is 1. The van der Waals surface area contributed by atoms with Gasteiger partial charge in [-0.25, -0.2) is 13.2 Å². The highest BCUT2D eigenvalue weighted by Crippen LogP contribution is 2.31. The Balaban J connectivity index is 1.61. The molecule has 3 rings (SSSR count). The van der Waals surface area contributed by atoms with Crippen LogP contribution in [0, 0.1) is 0 Å². The fourth-order valence-electron chi connectivity index (χ4n) is 4.49. The highest BCUT2D eigenvalue weighted by Gasteiger charge is 2.35. The van der Waals surface area contributed by atoms with Gasteiger partial charge < -0.3 is 10.6 Å². The quantitative estimate of drug-likeness (QED) is 0.650. The number of amides is 2. The van der Waals surface area contributed by atoms with Crippen molar-refractivity contribution < 1.29 is 26.4 Å². The van der Waals surface area contributed by atoms with E-state index in [9.17, 15) is 26.4 Å². The summed E-state index contributed by atoms with van der Waals surface area (Å²) in [4.78, 5) is 12.2. The molecule has 1 atom stereocenters. The number of sulfonamides is 1. The van der Waals surface area contributed by atoms with Crippen molar-refractivity contribution in [2.45, 2.75) is 87.4 Å². The molecule has 2 N–H and O–H groups in total. The van der Waals surface area contributed by atoms with E-state index in [0.29, 0.717) is 12.8 Å². The van der Waals surface area contributed by atoms with Gasteiger partial charge in [-0.2, -0.15) is 17.5 Å². The van der Waals surface area contributed by atoms with Crippen molar-refractivity contribution in [3.05, 3.63) is 29.8 Å². The molecule has 2 aliphatic rings. The predicted octanol–water partition coefficient (Wildman–Crippen LogP) is 4.66. The van der Waals surface area contributed by atoms with Gasteiger partial charge in [-0.05, 0) is 49.9 Å². The first kappa shape index (κ1) is 24.8.